The van der Waals surface area contributed by atoms with Crippen LogP contribution < -0.4 is 0 Å². The van der Waals surface area contributed by atoms with Gasteiger partial charge in [0.25, 0.3) is 0 Å². The molecule has 26 heavy (non-hydrogen) atoms. The lowest BCUT2D eigenvalue weighted by Crippen LogP contribution is -2.48. The molecule has 0 aromatic carbocycles. The molecule has 0 aromatic rings. The highest BCUT2D eigenvalue weighted by Gasteiger charge is 2.45. The lowest BCUT2D eigenvalue weighted by atomic mass is 10.3. The van der Waals surface area contributed by atoms with E-state index in [-0.39, 0.29) is 0 Å². The summed E-state index contributed by atoms with van der Waals surface area (Å²) in [5.74, 6) is 4.16. The Labute approximate surface area is 157 Å². The fraction of sp³-hybridized carbons (Fsp3) is 0.333. The van der Waals surface area contributed by atoms with Gasteiger partial charge in [-0.3, -0.25) is 19.1 Å². The van der Waals surface area contributed by atoms with E-state index in [1.165, 1.54) is 0 Å². The Morgan fingerprint density at radius 2 is 1.00 bits per heavy atom. The first kappa shape index (κ1) is 17.1. The molecule has 0 atom stereocenters. The molecule has 0 aromatic heterocycles. The Hall–Kier alpha value is -2.33. The number of hydrogen-bond acceptors (Lipinski definition) is 6. The lowest BCUT2D eigenvalue weighted by molar-refractivity contribution is 0.402. The molecule has 6 nitrogen and oxygen atoms in total. The van der Waals surface area contributed by atoms with Crippen LogP contribution in [0.15, 0.2) is 70.7 Å². The molecule has 4 rings (SSSR count). The van der Waals surface area contributed by atoms with Gasteiger partial charge in [-0.2, -0.15) is 10.2 Å². The molecular weight excluding hydrogens is 356 g/mol. The summed E-state index contributed by atoms with van der Waals surface area (Å²) in [7, 11) is -3.48. The van der Waals surface area contributed by atoms with Crippen molar-refractivity contribution < 1.29 is 0 Å². The number of rotatable bonds is 2. The van der Waals surface area contributed by atoms with Gasteiger partial charge in [0.1, 0.15) is 0 Å². The van der Waals surface area contributed by atoms with Gasteiger partial charge < -0.3 is 0 Å². The molecule has 0 amide bonds. The third-order valence-electron chi connectivity index (χ3n) is 4.41. The van der Waals surface area contributed by atoms with Gasteiger partial charge in [0.15, 0.2) is 39.8 Å². The summed E-state index contributed by atoms with van der Waals surface area (Å²) in [5.41, 5.74) is 0. The quantitative estimate of drug-likeness (QED) is 0.681. The molecule has 136 valence electrons. The smallest absolute Gasteiger partial charge is 0.179 e. The van der Waals surface area contributed by atoms with Gasteiger partial charge in [-0.15, -0.1) is 0 Å². The number of nitrogens with zero attached hydrogens (tertiary/aromatic N) is 6. The minimum absolute atomic E-state index is 0.970. The average molecular weight is 383 g/mol. The fourth-order valence-corrected chi connectivity index (χ4v) is 5.72. The average Bonchev–Trinajstić information content (AvgIpc) is 3.12. The minimum atomic E-state index is -1.74. The summed E-state index contributed by atoms with van der Waals surface area (Å²) in [6.07, 6.45) is 16.6. The van der Waals surface area contributed by atoms with Gasteiger partial charge in [0.2, 0.25) is 0 Å². The van der Waals surface area contributed by atoms with Gasteiger partial charge in [-0.1, -0.05) is 12.2 Å². The molecule has 0 saturated carbocycles. The second kappa shape index (κ2) is 5.58. The first-order chi connectivity index (χ1) is 12.2. The molecule has 0 aliphatic carbocycles. The van der Waals surface area contributed by atoms with Crippen molar-refractivity contribution in [1.82, 2.24) is 19.1 Å². The van der Waals surface area contributed by atoms with E-state index in [2.05, 4.69) is 95.1 Å². The molecule has 0 saturated heterocycles. The Morgan fingerprint density at radius 1 is 0.615 bits per heavy atom. The number of hydrogen-bond donors (Lipinski definition) is 0. The van der Waals surface area contributed by atoms with E-state index in [1.54, 1.807) is 0 Å². The van der Waals surface area contributed by atoms with E-state index < -0.39 is 16.5 Å². The van der Waals surface area contributed by atoms with E-state index in [9.17, 15) is 0 Å². The second-order valence-corrected chi connectivity index (χ2v) is 18.2. The second-order valence-electron chi connectivity index (χ2n) is 8.67. The van der Waals surface area contributed by atoms with Crippen molar-refractivity contribution >= 4 is 28.1 Å². The zero-order valence-corrected chi connectivity index (χ0v) is 18.3. The maximum absolute atomic E-state index is 4.97. The Morgan fingerprint density at radius 3 is 1.35 bits per heavy atom. The number of hydrazone groups is 2. The highest BCUT2D eigenvalue weighted by molar-refractivity contribution is 6.74. The molecule has 0 fully saturated rings. The predicted molar refractivity (Wildman–Crippen MR) is 113 cm³/mol. The van der Waals surface area contributed by atoms with Gasteiger partial charge in [-0.25, -0.2) is 0 Å². The monoisotopic (exact) mass is 382 g/mol. The Kier molecular flexibility index (Phi) is 3.67. The van der Waals surface area contributed by atoms with E-state index in [0.29, 0.717) is 0 Å². The van der Waals surface area contributed by atoms with E-state index in [1.807, 2.05) is 12.2 Å². The van der Waals surface area contributed by atoms with Crippen LogP contribution in [0.5, 0.6) is 0 Å². The van der Waals surface area contributed by atoms with Crippen LogP contribution in [0, 0.1) is 0 Å². The summed E-state index contributed by atoms with van der Waals surface area (Å²) in [4.78, 5) is 4.40. The van der Waals surface area contributed by atoms with Gasteiger partial charge in [0, 0.05) is 12.4 Å². The molecule has 0 spiro atoms. The molecule has 0 unspecified atom stereocenters. The zero-order valence-electron chi connectivity index (χ0n) is 16.3. The molecule has 0 N–H and O–H groups in total. The van der Waals surface area contributed by atoms with Crippen molar-refractivity contribution in [2.24, 2.45) is 10.2 Å². The maximum atomic E-state index is 4.97. The number of amidine groups is 2. The van der Waals surface area contributed by atoms with E-state index >= 15 is 0 Å². The first-order valence-corrected chi connectivity index (χ1v) is 15.9. The van der Waals surface area contributed by atoms with Crippen LogP contribution in [0.2, 0.25) is 39.3 Å². The van der Waals surface area contributed by atoms with Crippen molar-refractivity contribution in [3.63, 3.8) is 0 Å². The van der Waals surface area contributed by atoms with Gasteiger partial charge in [-0.05, 0) is 63.6 Å². The van der Waals surface area contributed by atoms with Gasteiger partial charge >= 0.3 is 0 Å². The molecule has 4 aliphatic heterocycles. The number of fused-ring (bicyclic) bond motifs is 2. The third kappa shape index (κ3) is 2.60. The summed E-state index contributed by atoms with van der Waals surface area (Å²) in [6.45, 7) is 13.9. The molecule has 0 bridgehead atoms. The van der Waals surface area contributed by atoms with Crippen LogP contribution in [0.1, 0.15) is 0 Å². The normalized spacial score (nSPS) is 24.4. The third-order valence-corrected chi connectivity index (χ3v) is 7.58. The zero-order chi connectivity index (χ0) is 18.7. The van der Waals surface area contributed by atoms with Crippen LogP contribution in [0.25, 0.3) is 0 Å². The van der Waals surface area contributed by atoms with Crippen molar-refractivity contribution in [1.29, 1.82) is 0 Å². The summed E-state index contributed by atoms with van der Waals surface area (Å²) in [5, 5.41) is 9.94. The summed E-state index contributed by atoms with van der Waals surface area (Å²) < 4.78 is 4.52. The molecule has 8 heteroatoms. The van der Waals surface area contributed by atoms with Crippen molar-refractivity contribution in [3.8, 4) is 0 Å². The SMILES string of the molecule is C[Si](C)(C)N1N=C2C=CC=CN2/C1=C1\N2C=CC=CC2=NN1[Si](C)(C)C. The van der Waals surface area contributed by atoms with Crippen LogP contribution in [-0.2, 0) is 0 Å². The first-order valence-electron chi connectivity index (χ1n) is 8.98. The predicted octanol–water partition coefficient (Wildman–Crippen LogP) is 3.81. The summed E-state index contributed by atoms with van der Waals surface area (Å²) in [6, 6.07) is 0. The van der Waals surface area contributed by atoms with Crippen LogP contribution in [0.4, 0.5) is 0 Å². The van der Waals surface area contributed by atoms with Crippen LogP contribution >= 0.6 is 0 Å². The minimum Gasteiger partial charge on any atom is -0.282 e. The Balaban J connectivity index is 1.94. The fourth-order valence-electron chi connectivity index (χ4n) is 3.23. The lowest BCUT2D eigenvalue weighted by Gasteiger charge is -2.38. The molecular formula is C18H26N6Si2. The van der Waals surface area contributed by atoms with Gasteiger partial charge in [0.05, 0.1) is 0 Å². The molecule has 4 aliphatic rings. The van der Waals surface area contributed by atoms with Crippen molar-refractivity contribution in [3.05, 3.63) is 60.5 Å². The standard InChI is InChI=1S/C18H26N6Si2/c1-25(2,3)23-17(21-13-9-7-11-15(21)19-23)18-22-14-10-8-12-16(22)20-24(18)26(4,5)6/h7-14H,1-6H3/b18-17-. The topological polar surface area (TPSA) is 37.7 Å². The highest BCUT2D eigenvalue weighted by Crippen LogP contribution is 2.38. The largest absolute Gasteiger partial charge is 0.282 e. The highest BCUT2D eigenvalue weighted by atomic mass is 28.3. The van der Waals surface area contributed by atoms with Crippen molar-refractivity contribution in [2.45, 2.75) is 39.3 Å². The molecule has 0 radical (unpaired) electrons. The Bertz CT molecular complexity index is 778. The van der Waals surface area contributed by atoms with Crippen LogP contribution in [-0.4, -0.2) is 47.3 Å². The number of allylic oxidation sites excluding steroid dienone is 4. The van der Waals surface area contributed by atoms with E-state index in [4.69, 9.17) is 10.2 Å². The van der Waals surface area contributed by atoms with Crippen LogP contribution in [0.3, 0.4) is 0 Å². The van der Waals surface area contributed by atoms with E-state index in [0.717, 1.165) is 23.3 Å². The van der Waals surface area contributed by atoms with Crippen molar-refractivity contribution in [2.75, 3.05) is 0 Å². The maximum Gasteiger partial charge on any atom is 0.179 e. The summed E-state index contributed by atoms with van der Waals surface area (Å²) >= 11 is 0. The molecule has 4 heterocycles.